The molecule has 5 nitrogen and oxygen atoms in total. The number of carbonyl (C=O) groups is 1. The second-order valence-corrected chi connectivity index (χ2v) is 5.63. The van der Waals surface area contributed by atoms with E-state index >= 15 is 0 Å². The van der Waals surface area contributed by atoms with Crippen molar-refractivity contribution in [2.75, 3.05) is 6.54 Å². The molecule has 22 heavy (non-hydrogen) atoms. The summed E-state index contributed by atoms with van der Waals surface area (Å²) < 4.78 is 7.66. The number of likely N-dealkylation sites (N-methyl/N-ethyl adjacent to an activating group) is 1. The van der Waals surface area contributed by atoms with Gasteiger partial charge in [-0.15, -0.1) is 0 Å². The van der Waals surface area contributed by atoms with Crippen LogP contribution in [-0.2, 0) is 24.8 Å². The van der Waals surface area contributed by atoms with Crippen LogP contribution in [0.3, 0.4) is 0 Å². The Morgan fingerprint density at radius 3 is 3.00 bits per heavy atom. The maximum absolute atomic E-state index is 12.7. The first-order valence-electron chi connectivity index (χ1n) is 7.68. The molecular formula is C17H21N3O2. The largest absolute Gasteiger partial charge is 0.480 e. The van der Waals surface area contributed by atoms with Crippen LogP contribution >= 0.6 is 0 Å². The van der Waals surface area contributed by atoms with E-state index in [-0.39, 0.29) is 12.0 Å². The molecule has 1 amide bonds. The van der Waals surface area contributed by atoms with E-state index in [1.54, 1.807) is 10.9 Å². The minimum atomic E-state index is -0.383. The molecule has 1 atom stereocenters. The third-order valence-corrected chi connectivity index (χ3v) is 4.02. The Hall–Kier alpha value is -2.30. The van der Waals surface area contributed by atoms with Gasteiger partial charge in [-0.3, -0.25) is 9.48 Å². The molecular weight excluding hydrogens is 278 g/mol. The molecule has 0 unspecified atom stereocenters. The van der Waals surface area contributed by atoms with Crippen LogP contribution in [0.15, 0.2) is 36.7 Å². The van der Waals surface area contributed by atoms with Crippen LogP contribution < -0.4 is 4.74 Å². The van der Waals surface area contributed by atoms with Gasteiger partial charge in [0.1, 0.15) is 5.75 Å². The van der Waals surface area contributed by atoms with Crippen molar-refractivity contribution in [3.63, 3.8) is 0 Å². The summed E-state index contributed by atoms with van der Waals surface area (Å²) in [5, 5.41) is 4.15. The van der Waals surface area contributed by atoms with Gasteiger partial charge in [0.25, 0.3) is 5.91 Å². The first-order valence-corrected chi connectivity index (χ1v) is 7.68. The molecule has 0 spiro atoms. The fourth-order valence-electron chi connectivity index (χ4n) is 2.82. The molecule has 3 rings (SSSR count). The number of hydrogen-bond acceptors (Lipinski definition) is 3. The molecule has 116 valence electrons. The van der Waals surface area contributed by atoms with E-state index < -0.39 is 0 Å². The summed E-state index contributed by atoms with van der Waals surface area (Å²) in [6.07, 6.45) is 4.97. The van der Waals surface area contributed by atoms with Gasteiger partial charge in [-0.1, -0.05) is 18.2 Å². The predicted molar refractivity (Wildman–Crippen MR) is 83.5 cm³/mol. The number of fused-ring (bicyclic) bond motifs is 1. The maximum Gasteiger partial charge on any atom is 0.263 e. The normalized spacial score (nSPS) is 16.7. The SMILES string of the molecule is CCN(Cc1cnn(C)c1)C(=O)[C@@H]1CCc2ccccc2O1. The number of amides is 1. The van der Waals surface area contributed by atoms with Gasteiger partial charge in [-0.25, -0.2) is 0 Å². The van der Waals surface area contributed by atoms with E-state index in [2.05, 4.69) is 11.2 Å². The van der Waals surface area contributed by atoms with Crippen molar-refractivity contribution in [2.45, 2.75) is 32.4 Å². The van der Waals surface area contributed by atoms with Crippen LogP contribution in [0.4, 0.5) is 0 Å². The van der Waals surface area contributed by atoms with Crippen LogP contribution in [0.2, 0.25) is 0 Å². The fourth-order valence-corrected chi connectivity index (χ4v) is 2.82. The highest BCUT2D eigenvalue weighted by molar-refractivity contribution is 5.81. The second-order valence-electron chi connectivity index (χ2n) is 5.63. The lowest BCUT2D eigenvalue weighted by Crippen LogP contribution is -2.43. The number of nitrogens with zero attached hydrogens (tertiary/aromatic N) is 3. The van der Waals surface area contributed by atoms with Gasteiger partial charge >= 0.3 is 0 Å². The van der Waals surface area contributed by atoms with Crippen molar-refractivity contribution >= 4 is 5.91 Å². The van der Waals surface area contributed by atoms with E-state index in [1.165, 1.54) is 5.56 Å². The fraction of sp³-hybridized carbons (Fsp3) is 0.412. The Morgan fingerprint density at radius 1 is 1.45 bits per heavy atom. The first-order chi connectivity index (χ1) is 10.7. The number of benzene rings is 1. The van der Waals surface area contributed by atoms with Gasteiger partial charge in [0.15, 0.2) is 6.10 Å². The Bertz CT molecular complexity index is 665. The lowest BCUT2D eigenvalue weighted by Gasteiger charge is -2.30. The zero-order valence-corrected chi connectivity index (χ0v) is 13.0. The molecule has 5 heteroatoms. The highest BCUT2D eigenvalue weighted by atomic mass is 16.5. The number of carbonyl (C=O) groups excluding carboxylic acids is 1. The number of hydrogen-bond donors (Lipinski definition) is 0. The van der Waals surface area contributed by atoms with E-state index in [9.17, 15) is 4.79 Å². The number of rotatable bonds is 4. The lowest BCUT2D eigenvalue weighted by molar-refractivity contribution is -0.139. The molecule has 1 aliphatic rings. The van der Waals surface area contributed by atoms with Crippen molar-refractivity contribution < 1.29 is 9.53 Å². The average Bonchev–Trinajstić information content (AvgIpc) is 2.96. The molecule has 0 saturated heterocycles. The maximum atomic E-state index is 12.7. The summed E-state index contributed by atoms with van der Waals surface area (Å²) in [4.78, 5) is 14.6. The zero-order valence-electron chi connectivity index (χ0n) is 13.0. The molecule has 0 N–H and O–H groups in total. The summed E-state index contributed by atoms with van der Waals surface area (Å²) >= 11 is 0. The van der Waals surface area contributed by atoms with E-state index in [4.69, 9.17) is 4.74 Å². The summed E-state index contributed by atoms with van der Waals surface area (Å²) in [5.41, 5.74) is 2.22. The van der Waals surface area contributed by atoms with Crippen LogP contribution in [0.1, 0.15) is 24.5 Å². The lowest BCUT2D eigenvalue weighted by atomic mass is 10.0. The summed E-state index contributed by atoms with van der Waals surface area (Å²) in [5.74, 6) is 0.894. The Morgan fingerprint density at radius 2 is 2.27 bits per heavy atom. The highest BCUT2D eigenvalue weighted by Crippen LogP contribution is 2.28. The molecule has 2 aromatic rings. The van der Waals surface area contributed by atoms with E-state index in [0.717, 1.165) is 24.2 Å². The van der Waals surface area contributed by atoms with Gasteiger partial charge < -0.3 is 9.64 Å². The molecule has 0 bridgehead atoms. The Labute approximate surface area is 130 Å². The van der Waals surface area contributed by atoms with Gasteiger partial charge in [-0.05, 0) is 31.4 Å². The number of aromatic nitrogens is 2. The minimum absolute atomic E-state index is 0.0563. The zero-order chi connectivity index (χ0) is 15.5. The van der Waals surface area contributed by atoms with Crippen molar-refractivity contribution in [1.29, 1.82) is 0 Å². The molecule has 0 saturated carbocycles. The first kappa shape index (κ1) is 14.6. The molecule has 1 aromatic carbocycles. The summed E-state index contributed by atoms with van der Waals surface area (Å²) in [6.45, 7) is 3.23. The minimum Gasteiger partial charge on any atom is -0.480 e. The van der Waals surface area contributed by atoms with Crippen molar-refractivity contribution in [3.05, 3.63) is 47.8 Å². The Balaban J connectivity index is 1.69. The molecule has 1 aliphatic heterocycles. The second kappa shape index (κ2) is 6.22. The van der Waals surface area contributed by atoms with Crippen molar-refractivity contribution in [3.8, 4) is 5.75 Å². The number of ether oxygens (including phenoxy) is 1. The number of aryl methyl sites for hydroxylation is 2. The third kappa shape index (κ3) is 2.98. The van der Waals surface area contributed by atoms with Crippen molar-refractivity contribution in [1.82, 2.24) is 14.7 Å². The van der Waals surface area contributed by atoms with E-state index in [0.29, 0.717) is 13.1 Å². The summed E-state index contributed by atoms with van der Waals surface area (Å²) in [6, 6.07) is 7.94. The monoisotopic (exact) mass is 299 g/mol. The molecule has 0 aliphatic carbocycles. The molecule has 0 fully saturated rings. The molecule has 2 heterocycles. The van der Waals surface area contributed by atoms with Gasteiger partial charge in [0.05, 0.1) is 6.20 Å². The van der Waals surface area contributed by atoms with Crippen molar-refractivity contribution in [2.24, 2.45) is 7.05 Å². The van der Waals surface area contributed by atoms with Crippen LogP contribution in [0.5, 0.6) is 5.75 Å². The molecule has 0 radical (unpaired) electrons. The highest BCUT2D eigenvalue weighted by Gasteiger charge is 2.29. The average molecular weight is 299 g/mol. The van der Waals surface area contributed by atoms with Crippen LogP contribution in [0.25, 0.3) is 0 Å². The topological polar surface area (TPSA) is 47.4 Å². The van der Waals surface area contributed by atoms with Gasteiger partial charge in [0, 0.05) is 31.9 Å². The van der Waals surface area contributed by atoms with Gasteiger partial charge in [-0.2, -0.15) is 5.10 Å². The van der Waals surface area contributed by atoms with Gasteiger partial charge in [0.2, 0.25) is 0 Å². The summed E-state index contributed by atoms with van der Waals surface area (Å²) in [7, 11) is 1.88. The smallest absolute Gasteiger partial charge is 0.263 e. The standard InChI is InChI=1S/C17H21N3O2/c1-3-20(12-13-10-18-19(2)11-13)17(21)16-9-8-14-6-4-5-7-15(14)22-16/h4-7,10-11,16H,3,8-9,12H2,1-2H3/t16-/m0/s1. The van der Waals surface area contributed by atoms with E-state index in [1.807, 2.05) is 43.3 Å². The van der Waals surface area contributed by atoms with Crippen LogP contribution in [-0.4, -0.2) is 33.2 Å². The Kier molecular flexibility index (Phi) is 4.13. The third-order valence-electron chi connectivity index (χ3n) is 4.02. The predicted octanol–water partition coefficient (Wildman–Crippen LogP) is 2.16. The van der Waals surface area contributed by atoms with Crippen LogP contribution in [0, 0.1) is 0 Å². The molecule has 1 aromatic heterocycles. The number of para-hydroxylation sites is 1. The quantitative estimate of drug-likeness (QED) is 0.869.